The first-order chi connectivity index (χ1) is 8.56. The second kappa shape index (κ2) is 6.06. The summed E-state index contributed by atoms with van der Waals surface area (Å²) in [6, 6.07) is 12.9. The van der Waals surface area contributed by atoms with Crippen molar-refractivity contribution in [1.29, 1.82) is 0 Å². The smallest absolute Gasteiger partial charge is 0.0401 e. The Morgan fingerprint density at radius 2 is 1.78 bits per heavy atom. The summed E-state index contributed by atoms with van der Waals surface area (Å²) in [7, 11) is 0. The molecule has 0 aromatic heterocycles. The molecule has 0 unspecified atom stereocenters. The van der Waals surface area contributed by atoms with Crippen molar-refractivity contribution in [2.24, 2.45) is 0 Å². The zero-order valence-corrected chi connectivity index (χ0v) is 14.2. The van der Waals surface area contributed by atoms with E-state index >= 15 is 0 Å². The Morgan fingerprint density at radius 3 is 2.39 bits per heavy atom. The standard InChI is InChI=1S/C15H15BrIN/c1-10-6-14(7-11(2)15(10)16)18-9-12-4-3-5-13(17)8-12/h3-8,18H,9H2,1-2H3. The first-order valence-corrected chi connectivity index (χ1v) is 7.68. The van der Waals surface area contributed by atoms with Crippen molar-refractivity contribution in [3.8, 4) is 0 Å². The number of rotatable bonds is 3. The molecule has 0 spiro atoms. The minimum atomic E-state index is 0.858. The molecule has 0 aliphatic rings. The summed E-state index contributed by atoms with van der Waals surface area (Å²) in [5.41, 5.74) is 5.01. The molecule has 94 valence electrons. The molecule has 2 aromatic rings. The molecule has 0 heterocycles. The van der Waals surface area contributed by atoms with Gasteiger partial charge in [0.25, 0.3) is 0 Å². The molecule has 2 aromatic carbocycles. The maximum absolute atomic E-state index is 3.59. The molecule has 0 saturated heterocycles. The molecular weight excluding hydrogens is 401 g/mol. The monoisotopic (exact) mass is 415 g/mol. The van der Waals surface area contributed by atoms with Crippen LogP contribution in [0.15, 0.2) is 40.9 Å². The minimum absolute atomic E-state index is 0.858. The third-order valence-corrected chi connectivity index (χ3v) is 4.74. The molecule has 3 heteroatoms. The van der Waals surface area contributed by atoms with Crippen molar-refractivity contribution in [3.63, 3.8) is 0 Å². The summed E-state index contributed by atoms with van der Waals surface area (Å²) < 4.78 is 2.47. The Labute approximate surface area is 130 Å². The Kier molecular flexibility index (Phi) is 4.67. The highest BCUT2D eigenvalue weighted by Gasteiger charge is 2.02. The molecule has 0 amide bonds. The average Bonchev–Trinajstić information content (AvgIpc) is 2.33. The van der Waals surface area contributed by atoms with Gasteiger partial charge in [-0.2, -0.15) is 0 Å². The SMILES string of the molecule is Cc1cc(NCc2cccc(I)c2)cc(C)c1Br. The number of hydrogen-bond donors (Lipinski definition) is 1. The predicted molar refractivity (Wildman–Crippen MR) is 90.1 cm³/mol. The van der Waals surface area contributed by atoms with Crippen LogP contribution >= 0.6 is 38.5 Å². The van der Waals surface area contributed by atoms with Crippen LogP contribution in [0.3, 0.4) is 0 Å². The molecule has 1 N–H and O–H groups in total. The van der Waals surface area contributed by atoms with Gasteiger partial charge in [-0.15, -0.1) is 0 Å². The van der Waals surface area contributed by atoms with Crippen LogP contribution in [0.4, 0.5) is 5.69 Å². The van der Waals surface area contributed by atoms with Crippen molar-refractivity contribution in [2.45, 2.75) is 20.4 Å². The van der Waals surface area contributed by atoms with Crippen LogP contribution in [-0.4, -0.2) is 0 Å². The maximum Gasteiger partial charge on any atom is 0.0401 e. The van der Waals surface area contributed by atoms with E-state index in [9.17, 15) is 0 Å². The van der Waals surface area contributed by atoms with Gasteiger partial charge in [0.1, 0.15) is 0 Å². The van der Waals surface area contributed by atoms with Gasteiger partial charge in [0.2, 0.25) is 0 Å². The van der Waals surface area contributed by atoms with Gasteiger partial charge >= 0.3 is 0 Å². The Morgan fingerprint density at radius 1 is 1.11 bits per heavy atom. The predicted octanol–water partition coefficient (Wildman–Crippen LogP) is 5.28. The van der Waals surface area contributed by atoms with Crippen molar-refractivity contribution in [2.75, 3.05) is 5.32 Å². The summed E-state index contributed by atoms with van der Waals surface area (Å²) in [5.74, 6) is 0. The Hall–Kier alpha value is -0.550. The Bertz CT molecular complexity index is 543. The van der Waals surface area contributed by atoms with Crippen LogP contribution in [0.1, 0.15) is 16.7 Å². The lowest BCUT2D eigenvalue weighted by atomic mass is 10.1. The largest absolute Gasteiger partial charge is 0.381 e. The van der Waals surface area contributed by atoms with Gasteiger partial charge in [0, 0.05) is 20.3 Å². The van der Waals surface area contributed by atoms with Crippen LogP contribution < -0.4 is 5.32 Å². The highest BCUT2D eigenvalue weighted by atomic mass is 127. The fraction of sp³-hybridized carbons (Fsp3) is 0.200. The number of anilines is 1. The van der Waals surface area contributed by atoms with Crippen LogP contribution in [-0.2, 0) is 6.54 Å². The first kappa shape index (κ1) is 13.9. The van der Waals surface area contributed by atoms with Gasteiger partial charge in [-0.1, -0.05) is 28.1 Å². The normalized spacial score (nSPS) is 10.4. The molecule has 0 aliphatic heterocycles. The minimum Gasteiger partial charge on any atom is -0.381 e. The number of nitrogens with one attached hydrogen (secondary N) is 1. The second-order valence-corrected chi connectivity index (χ2v) is 6.45. The number of hydrogen-bond acceptors (Lipinski definition) is 1. The van der Waals surface area contributed by atoms with Crippen LogP contribution in [0.2, 0.25) is 0 Å². The van der Waals surface area contributed by atoms with E-state index in [1.807, 2.05) is 0 Å². The first-order valence-electron chi connectivity index (χ1n) is 5.81. The van der Waals surface area contributed by atoms with Gasteiger partial charge in [-0.25, -0.2) is 0 Å². The number of halogens is 2. The van der Waals surface area contributed by atoms with Crippen molar-refractivity contribution in [1.82, 2.24) is 0 Å². The van der Waals surface area contributed by atoms with Crippen molar-refractivity contribution in [3.05, 3.63) is 61.1 Å². The van der Waals surface area contributed by atoms with Gasteiger partial charge in [-0.3, -0.25) is 0 Å². The molecule has 18 heavy (non-hydrogen) atoms. The summed E-state index contributed by atoms with van der Waals surface area (Å²) in [5, 5.41) is 3.47. The molecule has 0 bridgehead atoms. The quantitative estimate of drug-likeness (QED) is 0.672. The summed E-state index contributed by atoms with van der Waals surface area (Å²) >= 11 is 5.93. The summed E-state index contributed by atoms with van der Waals surface area (Å²) in [6.45, 7) is 5.10. The summed E-state index contributed by atoms with van der Waals surface area (Å²) in [6.07, 6.45) is 0. The van der Waals surface area contributed by atoms with Gasteiger partial charge in [0.15, 0.2) is 0 Å². The van der Waals surface area contributed by atoms with E-state index in [0.717, 1.165) is 6.54 Å². The molecule has 0 fully saturated rings. The van der Waals surface area contributed by atoms with E-state index in [-0.39, 0.29) is 0 Å². The third kappa shape index (κ3) is 3.48. The van der Waals surface area contributed by atoms with E-state index in [1.165, 1.54) is 30.4 Å². The lowest BCUT2D eigenvalue weighted by Crippen LogP contribution is -2.00. The Balaban J connectivity index is 2.11. The average molecular weight is 416 g/mol. The zero-order valence-electron chi connectivity index (χ0n) is 10.4. The van der Waals surface area contributed by atoms with E-state index in [2.05, 4.69) is 94.1 Å². The molecule has 0 radical (unpaired) electrons. The van der Waals surface area contributed by atoms with Crippen molar-refractivity contribution < 1.29 is 0 Å². The highest BCUT2D eigenvalue weighted by Crippen LogP contribution is 2.25. The van der Waals surface area contributed by atoms with Crippen LogP contribution in [0.5, 0.6) is 0 Å². The van der Waals surface area contributed by atoms with E-state index in [0.29, 0.717) is 0 Å². The maximum atomic E-state index is 3.59. The number of aryl methyl sites for hydroxylation is 2. The zero-order chi connectivity index (χ0) is 13.1. The van der Waals surface area contributed by atoms with Crippen molar-refractivity contribution >= 4 is 44.2 Å². The van der Waals surface area contributed by atoms with Gasteiger partial charge < -0.3 is 5.32 Å². The van der Waals surface area contributed by atoms with E-state index in [1.54, 1.807) is 0 Å². The molecule has 0 aliphatic carbocycles. The van der Waals surface area contributed by atoms with Crippen LogP contribution in [0, 0.1) is 17.4 Å². The highest BCUT2D eigenvalue weighted by molar-refractivity contribution is 14.1. The van der Waals surface area contributed by atoms with E-state index in [4.69, 9.17) is 0 Å². The van der Waals surface area contributed by atoms with Crippen LogP contribution in [0.25, 0.3) is 0 Å². The van der Waals surface area contributed by atoms with E-state index < -0.39 is 0 Å². The lowest BCUT2D eigenvalue weighted by molar-refractivity contribution is 1.14. The topological polar surface area (TPSA) is 12.0 Å². The number of benzene rings is 2. The molecule has 1 nitrogen and oxygen atoms in total. The fourth-order valence-electron chi connectivity index (χ4n) is 1.90. The van der Waals surface area contributed by atoms with Gasteiger partial charge in [0.05, 0.1) is 0 Å². The second-order valence-electron chi connectivity index (χ2n) is 4.41. The molecular formula is C15H15BrIN. The molecule has 0 atom stereocenters. The molecule has 2 rings (SSSR count). The summed E-state index contributed by atoms with van der Waals surface area (Å²) in [4.78, 5) is 0. The molecule has 0 saturated carbocycles. The van der Waals surface area contributed by atoms with Gasteiger partial charge in [-0.05, 0) is 77.4 Å². The fourth-order valence-corrected chi connectivity index (χ4v) is 2.74. The third-order valence-electron chi connectivity index (χ3n) is 2.82. The lowest BCUT2D eigenvalue weighted by Gasteiger charge is -2.11.